The molecule has 4 unspecified atom stereocenters. The second kappa shape index (κ2) is 15.7. The monoisotopic (exact) mass is 798 g/mol. The molecule has 1 aliphatic heterocycles. The number of nitrogens with one attached hydrogen (secondary N) is 1. The van der Waals surface area contributed by atoms with Gasteiger partial charge in [-0.2, -0.15) is 26.3 Å². The molecule has 0 radical (unpaired) electrons. The lowest BCUT2D eigenvalue weighted by Gasteiger charge is -2.32. The molecule has 6 rings (SSSR count). The van der Waals surface area contributed by atoms with Crippen LogP contribution in [0.4, 0.5) is 50.9 Å². The summed E-state index contributed by atoms with van der Waals surface area (Å²) in [6.45, 7) is 11.7. The van der Waals surface area contributed by atoms with E-state index in [1.807, 2.05) is 55.2 Å². The zero-order chi connectivity index (χ0) is 41.5. The van der Waals surface area contributed by atoms with Gasteiger partial charge in [0.05, 0.1) is 11.6 Å². The van der Waals surface area contributed by atoms with Crippen LogP contribution in [-0.2, 0) is 16.6 Å². The van der Waals surface area contributed by atoms with Gasteiger partial charge in [0.2, 0.25) is 0 Å². The summed E-state index contributed by atoms with van der Waals surface area (Å²) < 4.78 is 131. The number of fused-ring (bicyclic) bond motifs is 2. The summed E-state index contributed by atoms with van der Waals surface area (Å²) in [4.78, 5) is 2.02. The Hall–Kier alpha value is -5.13. The molecule has 0 saturated heterocycles. The number of ether oxygens (including phenoxy) is 1. The lowest BCUT2D eigenvalue weighted by molar-refractivity contribution is -0.303. The van der Waals surface area contributed by atoms with Gasteiger partial charge in [0.25, 0.3) is 0 Å². The number of alkyl halides is 9. The van der Waals surface area contributed by atoms with E-state index < -0.39 is 53.0 Å². The van der Waals surface area contributed by atoms with E-state index >= 15 is 0 Å². The van der Waals surface area contributed by atoms with Gasteiger partial charge in [-0.15, -0.1) is 13.2 Å². The van der Waals surface area contributed by atoms with Crippen molar-refractivity contribution in [3.8, 4) is 0 Å². The first-order valence-corrected chi connectivity index (χ1v) is 18.6. The van der Waals surface area contributed by atoms with E-state index in [2.05, 4.69) is 35.7 Å². The largest absolute Gasteiger partial charge is 0.573 e. The average molecular weight is 799 g/mol. The SMILES string of the molecule is C=C(C=C(C=C1N(CCC2C=CC=CC2C)c2ccccc2C1(C)C)OC(F)(F)F)Cc1ccc2ccccc2c1NC1C=C(C(F)(F)F)C=C(C(F)(F)F)C1C. The van der Waals surface area contributed by atoms with Crippen molar-refractivity contribution in [1.29, 1.82) is 0 Å². The van der Waals surface area contributed by atoms with E-state index in [-0.39, 0.29) is 35.6 Å². The van der Waals surface area contributed by atoms with Crippen LogP contribution in [0.1, 0.15) is 45.2 Å². The van der Waals surface area contributed by atoms with Gasteiger partial charge in [-0.1, -0.05) is 113 Å². The normalized spacial score (nSPS) is 23.1. The number of halogens is 9. The molecule has 0 aromatic heterocycles. The quantitative estimate of drug-likeness (QED) is 0.126. The van der Waals surface area contributed by atoms with E-state index in [4.69, 9.17) is 0 Å². The van der Waals surface area contributed by atoms with Gasteiger partial charge in [0, 0.05) is 52.0 Å². The third kappa shape index (κ3) is 9.21. The lowest BCUT2D eigenvalue weighted by Crippen LogP contribution is -2.36. The van der Waals surface area contributed by atoms with Gasteiger partial charge >= 0.3 is 18.7 Å². The number of benzene rings is 3. The molecule has 3 nitrogen and oxygen atoms in total. The Balaban J connectivity index is 1.38. The summed E-state index contributed by atoms with van der Waals surface area (Å²) >= 11 is 0. The molecule has 12 heteroatoms. The Bertz CT molecular complexity index is 2200. The van der Waals surface area contributed by atoms with Gasteiger partial charge in [-0.3, -0.25) is 0 Å². The van der Waals surface area contributed by atoms with Crippen molar-refractivity contribution >= 4 is 22.1 Å². The molecule has 2 aliphatic carbocycles. The van der Waals surface area contributed by atoms with Crippen molar-refractivity contribution in [3.63, 3.8) is 0 Å². The molecule has 0 amide bonds. The van der Waals surface area contributed by atoms with Crippen LogP contribution in [-0.4, -0.2) is 31.3 Å². The highest BCUT2D eigenvalue weighted by atomic mass is 19.4. The number of nitrogens with zero attached hydrogens (tertiary/aromatic N) is 1. The first kappa shape index (κ1) is 41.5. The van der Waals surface area contributed by atoms with E-state index in [9.17, 15) is 39.5 Å². The third-order valence-electron chi connectivity index (χ3n) is 11.0. The minimum Gasteiger partial charge on any atom is -0.406 e. The maximum absolute atomic E-state index is 14.1. The van der Waals surface area contributed by atoms with E-state index in [0.717, 1.165) is 23.7 Å². The topological polar surface area (TPSA) is 24.5 Å². The van der Waals surface area contributed by atoms with Crippen LogP contribution in [0.3, 0.4) is 0 Å². The van der Waals surface area contributed by atoms with Crippen molar-refractivity contribution < 1.29 is 44.3 Å². The summed E-state index contributed by atoms with van der Waals surface area (Å²) in [5.74, 6) is -1.44. The van der Waals surface area contributed by atoms with Gasteiger partial charge in [-0.25, -0.2) is 0 Å². The number of hydrogen-bond donors (Lipinski definition) is 1. The van der Waals surface area contributed by atoms with Crippen LogP contribution in [0.25, 0.3) is 10.8 Å². The van der Waals surface area contributed by atoms with E-state index in [0.29, 0.717) is 28.6 Å². The number of rotatable bonds is 10. The number of hydrogen-bond acceptors (Lipinski definition) is 3. The van der Waals surface area contributed by atoms with Crippen molar-refractivity contribution in [1.82, 2.24) is 0 Å². The molecular weight excluding hydrogens is 755 g/mol. The van der Waals surface area contributed by atoms with Crippen LogP contribution >= 0.6 is 0 Å². The fourth-order valence-corrected chi connectivity index (χ4v) is 7.97. The summed E-state index contributed by atoms with van der Waals surface area (Å²) in [5.41, 5.74) is -0.333. The molecule has 3 aromatic rings. The molecule has 0 spiro atoms. The van der Waals surface area contributed by atoms with E-state index in [1.165, 1.54) is 19.1 Å². The van der Waals surface area contributed by atoms with E-state index in [1.54, 1.807) is 36.4 Å². The summed E-state index contributed by atoms with van der Waals surface area (Å²) in [5, 5.41) is 4.09. The predicted octanol–water partition coefficient (Wildman–Crippen LogP) is 13.2. The van der Waals surface area contributed by atoms with Crippen LogP contribution in [0.5, 0.6) is 0 Å². The maximum Gasteiger partial charge on any atom is 0.573 e. The fraction of sp³-hybridized carbons (Fsp3) is 0.333. The smallest absolute Gasteiger partial charge is 0.406 e. The Morgan fingerprint density at radius 2 is 1.56 bits per heavy atom. The molecule has 0 saturated carbocycles. The molecule has 4 atom stereocenters. The van der Waals surface area contributed by atoms with Crippen LogP contribution in [0, 0.1) is 17.8 Å². The first-order valence-electron chi connectivity index (χ1n) is 18.6. The van der Waals surface area contributed by atoms with Crippen molar-refractivity contribution in [3.05, 3.63) is 155 Å². The second-order valence-corrected chi connectivity index (χ2v) is 15.3. The Kier molecular flexibility index (Phi) is 11.4. The Labute approximate surface area is 326 Å². The summed E-state index contributed by atoms with van der Waals surface area (Å²) in [6.07, 6.45) is -2.90. The number of anilines is 2. The van der Waals surface area contributed by atoms with Crippen molar-refractivity contribution in [2.45, 2.75) is 70.7 Å². The highest BCUT2D eigenvalue weighted by Gasteiger charge is 2.46. The fourth-order valence-electron chi connectivity index (χ4n) is 7.97. The summed E-state index contributed by atoms with van der Waals surface area (Å²) in [7, 11) is 0. The van der Waals surface area contributed by atoms with Crippen molar-refractivity contribution in [2.75, 3.05) is 16.8 Å². The zero-order valence-corrected chi connectivity index (χ0v) is 31.8. The minimum absolute atomic E-state index is 0.118. The molecule has 1 N–H and O–H groups in total. The van der Waals surface area contributed by atoms with Crippen LogP contribution in [0.2, 0.25) is 0 Å². The van der Waals surface area contributed by atoms with Gasteiger partial charge in [-0.05, 0) is 71.1 Å². The standard InChI is InChI=1S/C45H43F9N2O/c1-27(22-32-19-18-31-14-8-9-15-35(31)41(32)55-38-25-33(43(46,47)48)24-37(29(38)3)44(49,50)51)23-34(57-45(52,53)54)26-40-42(4,5)36-16-10-11-17-39(36)56(40)21-20-30-13-7-6-12-28(30)2/h6-19,23-26,28-30,38,55H,1,20-22H2,2-5H3. The number of allylic oxidation sites excluding steroid dienone is 10. The van der Waals surface area contributed by atoms with Crippen LogP contribution < -0.4 is 10.2 Å². The molecule has 0 fully saturated rings. The molecule has 1 heterocycles. The average Bonchev–Trinajstić information content (AvgIpc) is 3.32. The molecule has 3 aliphatic rings. The Morgan fingerprint density at radius 3 is 2.25 bits per heavy atom. The molecule has 57 heavy (non-hydrogen) atoms. The molecule has 302 valence electrons. The van der Waals surface area contributed by atoms with Gasteiger partial charge < -0.3 is 15.0 Å². The molecule has 3 aromatic carbocycles. The van der Waals surface area contributed by atoms with Crippen LogP contribution in [0.15, 0.2) is 144 Å². The molecule has 0 bridgehead atoms. The maximum atomic E-state index is 14.1. The van der Waals surface area contributed by atoms with Gasteiger partial charge in [0.15, 0.2) is 0 Å². The van der Waals surface area contributed by atoms with Gasteiger partial charge in [0.1, 0.15) is 5.76 Å². The lowest BCUT2D eigenvalue weighted by atomic mass is 9.83. The molecular formula is C45H43F9N2O. The van der Waals surface area contributed by atoms with Crippen molar-refractivity contribution in [2.24, 2.45) is 17.8 Å². The number of para-hydroxylation sites is 1. The zero-order valence-electron chi connectivity index (χ0n) is 31.8. The third-order valence-corrected chi connectivity index (χ3v) is 11.0. The predicted molar refractivity (Wildman–Crippen MR) is 207 cm³/mol. The highest BCUT2D eigenvalue weighted by molar-refractivity contribution is 5.96. The highest BCUT2D eigenvalue weighted by Crippen LogP contribution is 2.49. The minimum atomic E-state index is -5.07. The Morgan fingerprint density at radius 1 is 0.877 bits per heavy atom. The summed E-state index contributed by atoms with van der Waals surface area (Å²) in [6, 6.07) is 16.4. The second-order valence-electron chi connectivity index (χ2n) is 15.3. The first-order chi connectivity index (χ1) is 26.6.